The average Bonchev–Trinajstić information content (AvgIpc) is 1.84. The number of nitrogens with one attached hydrogen (secondary N) is 1. The Morgan fingerprint density at radius 1 is 1.00 bits per heavy atom. The summed E-state index contributed by atoms with van der Waals surface area (Å²) in [6, 6.07) is 0. The van der Waals surface area contributed by atoms with Gasteiger partial charge in [-0.05, 0) is 10.8 Å². The van der Waals surface area contributed by atoms with Gasteiger partial charge in [-0.25, -0.2) is 0 Å². The van der Waals surface area contributed by atoms with Crippen LogP contribution in [0.25, 0.3) is 0 Å². The highest BCUT2D eigenvalue weighted by molar-refractivity contribution is 5.44. The van der Waals surface area contributed by atoms with E-state index in [1.165, 1.54) is 0 Å². The van der Waals surface area contributed by atoms with Crippen LogP contribution in [0.15, 0.2) is 0 Å². The van der Waals surface area contributed by atoms with Crippen molar-refractivity contribution in [2.75, 3.05) is 7.05 Å². The van der Waals surface area contributed by atoms with Gasteiger partial charge in [0.05, 0.1) is 0 Å². The topological polar surface area (TPSA) is 29.1 Å². The first-order valence-corrected chi connectivity index (χ1v) is 4.27. The van der Waals surface area contributed by atoms with Crippen LogP contribution in [0.1, 0.15) is 43.0 Å². The van der Waals surface area contributed by atoms with Gasteiger partial charge in [-0.2, -0.15) is 0 Å². The maximum absolute atomic E-state index is 9.06. The fourth-order valence-electron chi connectivity index (χ4n) is 0. The van der Waals surface area contributed by atoms with Crippen molar-refractivity contribution in [3.63, 3.8) is 0 Å². The van der Waals surface area contributed by atoms with E-state index in [-0.39, 0.29) is 1.43 Å². The number of carbonyl (C=O) groups is 1. The van der Waals surface area contributed by atoms with E-state index in [2.05, 4.69) is 46.9 Å². The molecule has 76 valence electrons. The first-order valence-electron chi connectivity index (χ1n) is 4.27. The molecule has 0 fully saturated rings. The molecule has 0 aliphatic carbocycles. The van der Waals surface area contributed by atoms with Crippen molar-refractivity contribution in [1.29, 1.82) is 0 Å². The van der Waals surface area contributed by atoms with E-state index in [0.717, 1.165) is 0 Å². The lowest BCUT2D eigenvalue weighted by molar-refractivity contribution is -0.109. The standard InChI is InChI=1S/C8H18.C2H5NO.H2/c1-7(2,3)8(4,5)6;1-3-2-4;/h1-6H3;2H,1H3,(H,3,4);1H. The Bertz CT molecular complexity index is 110. The van der Waals surface area contributed by atoms with E-state index in [0.29, 0.717) is 17.2 Å². The highest BCUT2D eigenvalue weighted by Crippen LogP contribution is 2.36. The molecule has 0 aromatic heterocycles. The minimum Gasteiger partial charge on any atom is -0.362 e. The molecule has 2 nitrogen and oxygen atoms in total. The molecule has 0 aliphatic rings. The van der Waals surface area contributed by atoms with E-state index in [4.69, 9.17) is 4.79 Å². The number of amides is 1. The molecule has 0 atom stereocenters. The van der Waals surface area contributed by atoms with Gasteiger partial charge >= 0.3 is 0 Å². The van der Waals surface area contributed by atoms with Crippen molar-refractivity contribution in [1.82, 2.24) is 5.32 Å². The molecule has 0 rings (SSSR count). The van der Waals surface area contributed by atoms with Gasteiger partial charge in [-0.15, -0.1) is 0 Å². The second-order valence-corrected chi connectivity index (χ2v) is 4.91. The molecule has 0 aromatic carbocycles. The fraction of sp³-hybridized carbons (Fsp3) is 0.900. The van der Waals surface area contributed by atoms with Gasteiger partial charge < -0.3 is 5.32 Å². The smallest absolute Gasteiger partial charge is 0.206 e. The summed E-state index contributed by atoms with van der Waals surface area (Å²) in [7, 11) is 1.56. The molecule has 0 saturated carbocycles. The largest absolute Gasteiger partial charge is 0.362 e. The predicted octanol–water partition coefficient (Wildman–Crippen LogP) is 2.69. The van der Waals surface area contributed by atoms with E-state index in [1.54, 1.807) is 7.05 Å². The van der Waals surface area contributed by atoms with Gasteiger partial charge in [0.15, 0.2) is 0 Å². The van der Waals surface area contributed by atoms with Crippen molar-refractivity contribution in [3.8, 4) is 0 Å². The van der Waals surface area contributed by atoms with Crippen molar-refractivity contribution in [2.45, 2.75) is 41.5 Å². The van der Waals surface area contributed by atoms with Gasteiger partial charge in [0.2, 0.25) is 6.41 Å². The molecule has 1 N–H and O–H groups in total. The molecule has 0 heterocycles. The third-order valence-electron chi connectivity index (χ3n) is 2.37. The Hall–Kier alpha value is -0.530. The lowest BCUT2D eigenvalue weighted by Crippen LogP contribution is -2.25. The van der Waals surface area contributed by atoms with Crippen LogP contribution in [0.4, 0.5) is 0 Å². The summed E-state index contributed by atoms with van der Waals surface area (Å²) in [4.78, 5) is 9.06. The Morgan fingerprint density at radius 2 is 1.17 bits per heavy atom. The lowest BCUT2D eigenvalue weighted by Gasteiger charge is -2.34. The molecule has 0 radical (unpaired) electrons. The Kier molecular flexibility index (Phi) is 6.05. The first kappa shape index (κ1) is 14.0. The van der Waals surface area contributed by atoms with Crippen molar-refractivity contribution >= 4 is 6.41 Å². The molecule has 0 bridgehead atoms. The number of hydrogen-bond acceptors (Lipinski definition) is 1. The molecule has 0 saturated heterocycles. The molecule has 1 amide bonds. The quantitative estimate of drug-likeness (QED) is 0.610. The maximum Gasteiger partial charge on any atom is 0.206 e. The molecule has 0 unspecified atom stereocenters. The first-order chi connectivity index (χ1) is 5.16. The lowest BCUT2D eigenvalue weighted by atomic mass is 9.71. The summed E-state index contributed by atoms with van der Waals surface area (Å²) < 4.78 is 0. The summed E-state index contributed by atoms with van der Waals surface area (Å²) in [6.07, 6.45) is 0.625. The number of hydrogen-bond donors (Lipinski definition) is 1. The van der Waals surface area contributed by atoms with Crippen LogP contribution in [-0.2, 0) is 4.79 Å². The van der Waals surface area contributed by atoms with Gasteiger partial charge in [-0.3, -0.25) is 4.79 Å². The third kappa shape index (κ3) is 7.58. The number of rotatable bonds is 1. The summed E-state index contributed by atoms with van der Waals surface area (Å²) in [6.45, 7) is 13.6. The molecule has 12 heavy (non-hydrogen) atoms. The monoisotopic (exact) mass is 175 g/mol. The van der Waals surface area contributed by atoms with Crippen LogP contribution in [0.2, 0.25) is 0 Å². The van der Waals surface area contributed by atoms with Crippen LogP contribution < -0.4 is 5.32 Å². The Balaban J connectivity index is -0.000000173. The molecule has 0 aromatic rings. The van der Waals surface area contributed by atoms with Gasteiger partial charge in [-0.1, -0.05) is 41.5 Å². The highest BCUT2D eigenvalue weighted by Gasteiger charge is 2.26. The van der Waals surface area contributed by atoms with Crippen LogP contribution in [-0.4, -0.2) is 13.5 Å². The van der Waals surface area contributed by atoms with Gasteiger partial charge in [0.1, 0.15) is 0 Å². The Labute approximate surface area is 78.2 Å². The van der Waals surface area contributed by atoms with Crippen molar-refractivity contribution in [2.24, 2.45) is 10.8 Å². The zero-order valence-corrected chi connectivity index (χ0v) is 9.49. The predicted molar refractivity (Wildman–Crippen MR) is 56.1 cm³/mol. The minimum atomic E-state index is 0. The fourth-order valence-corrected chi connectivity index (χ4v) is 0. The Morgan fingerprint density at radius 3 is 1.17 bits per heavy atom. The average molecular weight is 175 g/mol. The van der Waals surface area contributed by atoms with Gasteiger partial charge in [0.25, 0.3) is 0 Å². The minimum absolute atomic E-state index is 0. The van der Waals surface area contributed by atoms with E-state index < -0.39 is 0 Å². The normalized spacial score (nSPS) is 11.2. The highest BCUT2D eigenvalue weighted by atomic mass is 16.1. The summed E-state index contributed by atoms with van der Waals surface area (Å²) in [5, 5.41) is 2.25. The summed E-state index contributed by atoms with van der Waals surface area (Å²) in [5.74, 6) is 0. The van der Waals surface area contributed by atoms with E-state index in [9.17, 15) is 0 Å². The number of carbonyl (C=O) groups excluding carboxylic acids is 1. The molecule has 0 aliphatic heterocycles. The zero-order valence-electron chi connectivity index (χ0n) is 9.49. The SMILES string of the molecule is CC(C)(C)C(C)(C)C.CNC=O.[HH]. The van der Waals surface area contributed by atoms with Crippen LogP contribution in [0.3, 0.4) is 0 Å². The van der Waals surface area contributed by atoms with Crippen molar-refractivity contribution < 1.29 is 6.22 Å². The molecular weight excluding hydrogens is 150 g/mol. The van der Waals surface area contributed by atoms with Crippen LogP contribution >= 0.6 is 0 Å². The molecule has 2 heteroatoms. The van der Waals surface area contributed by atoms with E-state index in [1.807, 2.05) is 0 Å². The zero-order chi connectivity index (χ0) is 10.4. The van der Waals surface area contributed by atoms with Crippen molar-refractivity contribution in [3.05, 3.63) is 0 Å². The van der Waals surface area contributed by atoms with Gasteiger partial charge in [0, 0.05) is 8.47 Å². The maximum atomic E-state index is 9.06. The second-order valence-electron chi connectivity index (χ2n) is 4.91. The third-order valence-corrected chi connectivity index (χ3v) is 2.37. The van der Waals surface area contributed by atoms with Crippen LogP contribution in [0.5, 0.6) is 0 Å². The molecular formula is C10H25NO. The molecule has 0 spiro atoms. The summed E-state index contributed by atoms with van der Waals surface area (Å²) >= 11 is 0. The van der Waals surface area contributed by atoms with Crippen LogP contribution in [0, 0.1) is 10.8 Å². The van der Waals surface area contributed by atoms with E-state index >= 15 is 0 Å². The second kappa shape index (κ2) is 5.18. The summed E-state index contributed by atoms with van der Waals surface area (Å²) in [5.41, 5.74) is 0.875.